The lowest BCUT2D eigenvalue weighted by Gasteiger charge is -2.32. The quantitative estimate of drug-likeness (QED) is 0.588. The molecular weight excluding hydrogens is 312 g/mol. The summed E-state index contributed by atoms with van der Waals surface area (Å²) in [5, 5.41) is 0. The van der Waals surface area contributed by atoms with Crippen molar-refractivity contribution in [2.24, 2.45) is 0 Å². The molecule has 24 heavy (non-hydrogen) atoms. The van der Waals surface area contributed by atoms with Gasteiger partial charge in [-0.25, -0.2) is 0 Å². The zero-order chi connectivity index (χ0) is 17.5. The topological polar surface area (TPSA) is 71.1 Å². The molecule has 0 spiro atoms. The van der Waals surface area contributed by atoms with Gasteiger partial charge in [-0.05, 0) is 24.6 Å². The molecule has 6 nitrogen and oxygen atoms in total. The van der Waals surface area contributed by atoms with Gasteiger partial charge in [0.2, 0.25) is 0 Å². The molecule has 0 radical (unpaired) electrons. The zero-order valence-corrected chi connectivity index (χ0v) is 14.0. The average Bonchev–Trinajstić information content (AvgIpc) is 2.55. The molecule has 0 saturated heterocycles. The largest absolute Gasteiger partial charge is 0.463 e. The van der Waals surface area contributed by atoms with E-state index in [1.54, 1.807) is 12.2 Å². The van der Waals surface area contributed by atoms with Crippen LogP contribution >= 0.6 is 0 Å². The van der Waals surface area contributed by atoms with Gasteiger partial charge in [0.25, 0.3) is 0 Å². The third-order valence-corrected chi connectivity index (χ3v) is 3.49. The van der Waals surface area contributed by atoms with E-state index in [9.17, 15) is 9.59 Å². The van der Waals surface area contributed by atoms with Crippen molar-refractivity contribution in [3.8, 4) is 0 Å². The number of carbonyl (C=O) groups is 2. The molecule has 1 aromatic carbocycles. The molecule has 0 N–H and O–H groups in total. The molecule has 6 heteroatoms. The fourth-order valence-corrected chi connectivity index (χ4v) is 2.34. The lowest BCUT2D eigenvalue weighted by molar-refractivity contribution is -0.208. The molecule has 0 bridgehead atoms. The number of esters is 2. The first kappa shape index (κ1) is 18.2. The van der Waals surface area contributed by atoms with Crippen LogP contribution in [0.15, 0.2) is 42.5 Å². The van der Waals surface area contributed by atoms with Crippen molar-refractivity contribution >= 4 is 11.9 Å². The van der Waals surface area contributed by atoms with Gasteiger partial charge in [0.1, 0.15) is 18.8 Å². The van der Waals surface area contributed by atoms with E-state index in [4.69, 9.17) is 18.9 Å². The maximum atomic E-state index is 11.2. The highest BCUT2D eigenvalue weighted by Crippen LogP contribution is 2.24. The van der Waals surface area contributed by atoms with Crippen LogP contribution in [0.25, 0.3) is 0 Å². The van der Waals surface area contributed by atoms with Crippen LogP contribution in [0.1, 0.15) is 32.4 Å². The highest BCUT2D eigenvalue weighted by atomic mass is 16.7. The van der Waals surface area contributed by atoms with E-state index >= 15 is 0 Å². The van der Waals surface area contributed by atoms with Gasteiger partial charge in [0, 0.05) is 13.8 Å². The SMILES string of the molecule is CC(=O)OC[C@H]1OC(OC(C)c2ccccc2)C=C[C@@H]1OC(C)=O. The Morgan fingerprint density at radius 2 is 1.83 bits per heavy atom. The molecule has 0 fully saturated rings. The Morgan fingerprint density at radius 3 is 2.46 bits per heavy atom. The van der Waals surface area contributed by atoms with Gasteiger partial charge in [-0.2, -0.15) is 0 Å². The number of ether oxygens (including phenoxy) is 4. The van der Waals surface area contributed by atoms with Crippen LogP contribution in [-0.2, 0) is 28.5 Å². The maximum absolute atomic E-state index is 11.2. The third kappa shape index (κ3) is 5.47. The molecule has 130 valence electrons. The number of carbonyl (C=O) groups excluding carboxylic acids is 2. The summed E-state index contributed by atoms with van der Waals surface area (Å²) < 4.78 is 21.8. The average molecular weight is 334 g/mol. The molecule has 1 heterocycles. The Balaban J connectivity index is 2.01. The van der Waals surface area contributed by atoms with Crippen molar-refractivity contribution in [2.75, 3.05) is 6.61 Å². The number of benzene rings is 1. The van der Waals surface area contributed by atoms with Crippen molar-refractivity contribution < 1.29 is 28.5 Å². The highest BCUT2D eigenvalue weighted by Gasteiger charge is 2.31. The fourth-order valence-electron chi connectivity index (χ4n) is 2.34. The number of rotatable bonds is 6. The van der Waals surface area contributed by atoms with Gasteiger partial charge in [0.15, 0.2) is 6.29 Å². The minimum atomic E-state index is -0.618. The minimum Gasteiger partial charge on any atom is -0.463 e. The van der Waals surface area contributed by atoms with Gasteiger partial charge in [-0.1, -0.05) is 30.3 Å². The normalized spacial score (nSPS) is 24.2. The van der Waals surface area contributed by atoms with E-state index < -0.39 is 30.4 Å². The van der Waals surface area contributed by atoms with Crippen LogP contribution in [0.5, 0.6) is 0 Å². The first-order valence-electron chi connectivity index (χ1n) is 7.80. The molecule has 1 aliphatic heterocycles. The lowest BCUT2D eigenvalue weighted by Crippen LogP contribution is -2.42. The molecular formula is C18H22O6. The molecule has 2 rings (SSSR count). The van der Waals surface area contributed by atoms with Gasteiger partial charge >= 0.3 is 11.9 Å². The van der Waals surface area contributed by atoms with E-state index in [1.165, 1.54) is 13.8 Å². The van der Waals surface area contributed by atoms with Crippen LogP contribution in [-0.4, -0.2) is 37.0 Å². The summed E-state index contributed by atoms with van der Waals surface area (Å²) >= 11 is 0. The van der Waals surface area contributed by atoms with Crippen LogP contribution in [0, 0.1) is 0 Å². The van der Waals surface area contributed by atoms with Gasteiger partial charge in [0.05, 0.1) is 6.10 Å². The molecule has 0 aliphatic carbocycles. The van der Waals surface area contributed by atoms with Crippen molar-refractivity contribution in [3.05, 3.63) is 48.0 Å². The Kier molecular flexibility index (Phi) is 6.52. The van der Waals surface area contributed by atoms with Crippen molar-refractivity contribution in [1.82, 2.24) is 0 Å². The summed E-state index contributed by atoms with van der Waals surface area (Å²) in [5.41, 5.74) is 1.02. The predicted octanol–water partition coefficient (Wildman–Crippen LogP) is 2.54. The Labute approximate surface area is 141 Å². The van der Waals surface area contributed by atoms with Crippen LogP contribution in [0.4, 0.5) is 0 Å². The Morgan fingerprint density at radius 1 is 1.12 bits per heavy atom. The summed E-state index contributed by atoms with van der Waals surface area (Å²) in [7, 11) is 0. The van der Waals surface area contributed by atoms with E-state index in [-0.39, 0.29) is 12.7 Å². The van der Waals surface area contributed by atoms with Gasteiger partial charge < -0.3 is 18.9 Å². The molecule has 4 atom stereocenters. The second-order valence-corrected chi connectivity index (χ2v) is 5.49. The van der Waals surface area contributed by atoms with Crippen molar-refractivity contribution in [1.29, 1.82) is 0 Å². The second kappa shape index (κ2) is 8.61. The second-order valence-electron chi connectivity index (χ2n) is 5.49. The van der Waals surface area contributed by atoms with Gasteiger partial charge in [-0.15, -0.1) is 0 Å². The van der Waals surface area contributed by atoms with E-state index in [0.29, 0.717) is 0 Å². The molecule has 0 saturated carbocycles. The maximum Gasteiger partial charge on any atom is 0.303 e. The van der Waals surface area contributed by atoms with Crippen molar-refractivity contribution in [3.63, 3.8) is 0 Å². The van der Waals surface area contributed by atoms with Crippen LogP contribution < -0.4 is 0 Å². The third-order valence-electron chi connectivity index (χ3n) is 3.49. The predicted molar refractivity (Wildman–Crippen MR) is 85.9 cm³/mol. The standard InChI is InChI=1S/C18H22O6/c1-12(15-7-5-4-6-8-15)22-18-10-9-16(23-14(3)20)17(24-18)11-21-13(2)19/h4-10,12,16-18H,11H2,1-3H3/t12?,16-,17+,18?/m0/s1. The first-order valence-corrected chi connectivity index (χ1v) is 7.80. The number of hydrogen-bond acceptors (Lipinski definition) is 6. The van der Waals surface area contributed by atoms with E-state index in [1.807, 2.05) is 37.3 Å². The number of hydrogen-bond donors (Lipinski definition) is 0. The van der Waals surface area contributed by atoms with Crippen molar-refractivity contribution in [2.45, 2.75) is 45.4 Å². The monoisotopic (exact) mass is 334 g/mol. The zero-order valence-electron chi connectivity index (χ0n) is 14.0. The smallest absolute Gasteiger partial charge is 0.303 e. The summed E-state index contributed by atoms with van der Waals surface area (Å²) in [6.45, 7) is 4.53. The molecule has 0 amide bonds. The molecule has 2 unspecified atom stereocenters. The Bertz CT molecular complexity index is 582. The summed E-state index contributed by atoms with van der Waals surface area (Å²) in [4.78, 5) is 22.2. The minimum absolute atomic E-state index is 0.0167. The van der Waals surface area contributed by atoms with Gasteiger partial charge in [-0.3, -0.25) is 9.59 Å². The van der Waals surface area contributed by atoms with E-state index in [0.717, 1.165) is 5.56 Å². The summed E-state index contributed by atoms with van der Waals surface area (Å²) in [6, 6.07) is 9.75. The first-order chi connectivity index (χ1) is 11.5. The molecule has 0 aromatic heterocycles. The summed E-state index contributed by atoms with van der Waals surface area (Å²) in [6.07, 6.45) is 1.36. The van der Waals surface area contributed by atoms with Crippen LogP contribution in [0.2, 0.25) is 0 Å². The fraction of sp³-hybridized carbons (Fsp3) is 0.444. The lowest BCUT2D eigenvalue weighted by atomic mass is 10.1. The highest BCUT2D eigenvalue weighted by molar-refractivity contribution is 5.66. The molecule has 1 aromatic rings. The van der Waals surface area contributed by atoms with Crippen LogP contribution in [0.3, 0.4) is 0 Å². The Hall–Kier alpha value is -2.18. The molecule has 1 aliphatic rings. The summed E-state index contributed by atoms with van der Waals surface area (Å²) in [5.74, 6) is -0.858. The van der Waals surface area contributed by atoms with E-state index in [2.05, 4.69) is 0 Å².